The minimum absolute atomic E-state index is 0.0996. The summed E-state index contributed by atoms with van der Waals surface area (Å²) in [5, 5.41) is 5.22. The van der Waals surface area contributed by atoms with E-state index in [0.29, 0.717) is 18.1 Å². The summed E-state index contributed by atoms with van der Waals surface area (Å²) in [4.78, 5) is 43.7. The summed E-state index contributed by atoms with van der Waals surface area (Å²) in [6.45, 7) is 7.28. The molecule has 3 amide bonds. The Balaban J connectivity index is 2.55. The van der Waals surface area contributed by atoms with Crippen LogP contribution in [0.25, 0.3) is 0 Å². The molecule has 0 saturated heterocycles. The van der Waals surface area contributed by atoms with Crippen LogP contribution in [0.1, 0.15) is 37.2 Å². The van der Waals surface area contributed by atoms with E-state index in [-0.39, 0.29) is 6.42 Å². The van der Waals surface area contributed by atoms with E-state index >= 15 is 0 Å². The lowest BCUT2D eigenvalue weighted by Gasteiger charge is -2.14. The highest BCUT2D eigenvalue weighted by Crippen LogP contribution is 2.17. The average molecular weight is 368 g/mol. The van der Waals surface area contributed by atoms with Gasteiger partial charge in [0.1, 0.15) is 0 Å². The van der Waals surface area contributed by atoms with Gasteiger partial charge in [0.05, 0.1) is 0 Å². The normalized spacial score (nSPS) is 11.6. The van der Waals surface area contributed by atoms with Gasteiger partial charge in [-0.2, -0.15) is 0 Å². The quantitative estimate of drug-likeness (QED) is 0.426. The maximum absolute atomic E-state index is 11.9. The van der Waals surface area contributed by atoms with E-state index in [9.17, 15) is 14.4 Å². The zero-order chi connectivity index (χ0) is 19.0. The first kappa shape index (κ1) is 20.9. The number of rotatable bonds is 7. The molecular weight excluding hydrogens is 344 g/mol. The molecule has 0 aliphatic carbocycles. The summed E-state index contributed by atoms with van der Waals surface area (Å²) in [6, 6.07) is -0.618. The molecular formula is C16H24N4O4S. The molecule has 0 aliphatic heterocycles. The van der Waals surface area contributed by atoms with Gasteiger partial charge < -0.3 is 10.1 Å². The summed E-state index contributed by atoms with van der Waals surface area (Å²) >= 11 is 1.46. The summed E-state index contributed by atoms with van der Waals surface area (Å²) in [5.74, 6) is -1.19. The van der Waals surface area contributed by atoms with E-state index in [1.165, 1.54) is 18.7 Å². The molecule has 1 aromatic rings. The van der Waals surface area contributed by atoms with Crippen molar-refractivity contribution in [2.45, 2.75) is 51.8 Å². The standard InChI is InChI=1S/C16H24N4O4S/c1-6-17-15(23)20-14(22)11(4)24-13(21)8-7-12-9(2)18-16(25-5)19-10(12)3/h11H,6-8H2,1-5H3,(H2,17,20,22,23). The van der Waals surface area contributed by atoms with Crippen molar-refractivity contribution in [3.63, 3.8) is 0 Å². The number of imide groups is 1. The number of esters is 1. The van der Waals surface area contributed by atoms with Gasteiger partial charge in [0, 0.05) is 24.4 Å². The average Bonchev–Trinajstić information content (AvgIpc) is 2.53. The van der Waals surface area contributed by atoms with Crippen LogP contribution in [0.4, 0.5) is 4.79 Å². The first-order valence-corrected chi connectivity index (χ1v) is 9.17. The van der Waals surface area contributed by atoms with E-state index in [1.807, 2.05) is 20.1 Å². The lowest BCUT2D eigenvalue weighted by atomic mass is 10.1. The Morgan fingerprint density at radius 3 is 2.32 bits per heavy atom. The molecule has 1 atom stereocenters. The summed E-state index contributed by atoms with van der Waals surface area (Å²) in [6.07, 6.45) is 1.38. The number of carbonyl (C=O) groups is 3. The molecule has 1 unspecified atom stereocenters. The van der Waals surface area contributed by atoms with Crippen molar-refractivity contribution >= 4 is 29.7 Å². The number of hydrogen-bond donors (Lipinski definition) is 2. The van der Waals surface area contributed by atoms with Crippen LogP contribution in [0.15, 0.2) is 5.16 Å². The molecule has 2 N–H and O–H groups in total. The van der Waals surface area contributed by atoms with Crippen LogP contribution in [0, 0.1) is 13.8 Å². The monoisotopic (exact) mass is 368 g/mol. The number of carbonyl (C=O) groups excluding carboxylic acids is 3. The fourth-order valence-corrected chi connectivity index (χ4v) is 2.57. The molecule has 9 heteroatoms. The first-order chi connectivity index (χ1) is 11.8. The molecule has 0 bridgehead atoms. The maximum atomic E-state index is 11.9. The fourth-order valence-electron chi connectivity index (χ4n) is 2.12. The minimum atomic E-state index is -1.05. The molecule has 0 aromatic carbocycles. The van der Waals surface area contributed by atoms with Gasteiger partial charge >= 0.3 is 12.0 Å². The molecule has 25 heavy (non-hydrogen) atoms. The predicted molar refractivity (Wildman–Crippen MR) is 94.4 cm³/mol. The molecule has 138 valence electrons. The van der Waals surface area contributed by atoms with Crippen LogP contribution in [-0.4, -0.2) is 46.8 Å². The van der Waals surface area contributed by atoms with Crippen molar-refractivity contribution in [3.8, 4) is 0 Å². The summed E-state index contributed by atoms with van der Waals surface area (Å²) < 4.78 is 5.06. The number of hydrogen-bond acceptors (Lipinski definition) is 7. The molecule has 0 radical (unpaired) electrons. The van der Waals surface area contributed by atoms with E-state index in [4.69, 9.17) is 4.74 Å². The lowest BCUT2D eigenvalue weighted by molar-refractivity contribution is -0.154. The third-order valence-corrected chi connectivity index (χ3v) is 3.96. The number of amides is 3. The first-order valence-electron chi connectivity index (χ1n) is 7.94. The number of urea groups is 1. The highest BCUT2D eigenvalue weighted by molar-refractivity contribution is 7.98. The number of aryl methyl sites for hydroxylation is 2. The highest BCUT2D eigenvalue weighted by atomic mass is 32.2. The molecule has 1 aromatic heterocycles. The molecule has 0 fully saturated rings. The van der Waals surface area contributed by atoms with Crippen molar-refractivity contribution in [2.24, 2.45) is 0 Å². The molecule has 0 saturated carbocycles. The molecule has 1 heterocycles. The Morgan fingerprint density at radius 1 is 1.20 bits per heavy atom. The summed E-state index contributed by atoms with van der Waals surface area (Å²) in [5.41, 5.74) is 2.55. The third-order valence-electron chi connectivity index (χ3n) is 3.41. The van der Waals surface area contributed by atoms with Gasteiger partial charge in [-0.3, -0.25) is 14.9 Å². The zero-order valence-electron chi connectivity index (χ0n) is 15.1. The second kappa shape index (κ2) is 9.97. The van der Waals surface area contributed by atoms with Gasteiger partial charge in [0.2, 0.25) is 0 Å². The Kier molecular flexibility index (Phi) is 8.33. The largest absolute Gasteiger partial charge is 0.453 e. The second-order valence-corrected chi connectivity index (χ2v) is 6.11. The molecule has 0 spiro atoms. The Bertz CT molecular complexity index is 628. The van der Waals surface area contributed by atoms with Crippen LogP contribution in [0.5, 0.6) is 0 Å². The van der Waals surface area contributed by atoms with E-state index in [2.05, 4.69) is 20.6 Å². The smallest absolute Gasteiger partial charge is 0.321 e. The lowest BCUT2D eigenvalue weighted by Crippen LogP contribution is -2.44. The molecule has 0 aliphatic rings. The van der Waals surface area contributed by atoms with Crippen molar-refractivity contribution in [1.29, 1.82) is 0 Å². The van der Waals surface area contributed by atoms with E-state index in [1.54, 1.807) is 6.92 Å². The number of ether oxygens (including phenoxy) is 1. The van der Waals surface area contributed by atoms with Crippen molar-refractivity contribution < 1.29 is 19.1 Å². The van der Waals surface area contributed by atoms with Crippen LogP contribution in [0.2, 0.25) is 0 Å². The minimum Gasteiger partial charge on any atom is -0.453 e. The van der Waals surface area contributed by atoms with Crippen LogP contribution < -0.4 is 10.6 Å². The SMILES string of the molecule is CCNC(=O)NC(=O)C(C)OC(=O)CCc1c(C)nc(SC)nc1C. The fraction of sp³-hybridized carbons (Fsp3) is 0.562. The Hall–Kier alpha value is -2.16. The number of thioether (sulfide) groups is 1. The molecule has 8 nitrogen and oxygen atoms in total. The van der Waals surface area contributed by atoms with Gasteiger partial charge in [0.25, 0.3) is 5.91 Å². The Morgan fingerprint density at radius 2 is 1.80 bits per heavy atom. The topological polar surface area (TPSA) is 110 Å². The van der Waals surface area contributed by atoms with E-state index in [0.717, 1.165) is 17.0 Å². The predicted octanol–water partition coefficient (Wildman–Crippen LogP) is 1.53. The van der Waals surface area contributed by atoms with Crippen LogP contribution >= 0.6 is 11.8 Å². The number of aromatic nitrogens is 2. The third kappa shape index (κ3) is 6.69. The maximum Gasteiger partial charge on any atom is 0.321 e. The van der Waals surface area contributed by atoms with E-state index < -0.39 is 24.0 Å². The van der Waals surface area contributed by atoms with Crippen LogP contribution in [0.3, 0.4) is 0 Å². The van der Waals surface area contributed by atoms with Gasteiger partial charge in [-0.25, -0.2) is 14.8 Å². The van der Waals surface area contributed by atoms with Gasteiger partial charge in [0.15, 0.2) is 11.3 Å². The number of nitrogens with zero attached hydrogens (tertiary/aromatic N) is 2. The zero-order valence-corrected chi connectivity index (χ0v) is 16.0. The Labute approximate surface area is 151 Å². The second-order valence-electron chi connectivity index (χ2n) is 5.34. The molecule has 1 rings (SSSR count). The van der Waals surface area contributed by atoms with Crippen LogP contribution in [-0.2, 0) is 20.7 Å². The number of nitrogens with one attached hydrogen (secondary N) is 2. The summed E-state index contributed by atoms with van der Waals surface area (Å²) in [7, 11) is 0. The van der Waals surface area contributed by atoms with Crippen molar-refractivity contribution in [1.82, 2.24) is 20.6 Å². The van der Waals surface area contributed by atoms with Gasteiger partial charge in [-0.15, -0.1) is 0 Å². The van der Waals surface area contributed by atoms with Gasteiger partial charge in [-0.1, -0.05) is 11.8 Å². The van der Waals surface area contributed by atoms with Crippen molar-refractivity contribution in [3.05, 3.63) is 17.0 Å². The highest BCUT2D eigenvalue weighted by Gasteiger charge is 2.20. The van der Waals surface area contributed by atoms with Crippen molar-refractivity contribution in [2.75, 3.05) is 12.8 Å². The van der Waals surface area contributed by atoms with Gasteiger partial charge in [-0.05, 0) is 45.9 Å².